The van der Waals surface area contributed by atoms with Crippen LogP contribution in [0.1, 0.15) is 10.4 Å². The van der Waals surface area contributed by atoms with Gasteiger partial charge >= 0.3 is 0 Å². The summed E-state index contributed by atoms with van der Waals surface area (Å²) in [6, 6.07) is 11.7. The minimum atomic E-state index is -0.638. The molecule has 0 atom stereocenters. The van der Waals surface area contributed by atoms with Gasteiger partial charge in [0.1, 0.15) is 0 Å². The van der Waals surface area contributed by atoms with E-state index in [2.05, 4.69) is 10.3 Å². The van der Waals surface area contributed by atoms with Gasteiger partial charge in [-0.25, -0.2) is 4.39 Å². The number of fused-ring (bicyclic) bond motifs is 1. The Morgan fingerprint density at radius 3 is 2.80 bits per heavy atom. The molecule has 2 aromatic carbocycles. The van der Waals surface area contributed by atoms with E-state index in [1.807, 2.05) is 12.1 Å². The van der Waals surface area contributed by atoms with Crippen LogP contribution in [0.5, 0.6) is 0 Å². The molecule has 0 aliphatic rings. The summed E-state index contributed by atoms with van der Waals surface area (Å²) < 4.78 is 13.8. The maximum Gasteiger partial charge on any atom is 0.257 e. The molecule has 0 radical (unpaired) electrons. The van der Waals surface area contributed by atoms with Crippen LogP contribution < -0.4 is 5.32 Å². The number of anilines is 1. The lowest BCUT2D eigenvalue weighted by Crippen LogP contribution is -2.13. The first kappa shape index (κ1) is 12.7. The van der Waals surface area contributed by atoms with Gasteiger partial charge in [0.05, 0.1) is 21.8 Å². The predicted octanol–water partition coefficient (Wildman–Crippen LogP) is 4.21. The molecule has 0 unspecified atom stereocenters. The zero-order chi connectivity index (χ0) is 14.1. The minimum Gasteiger partial charge on any atom is -0.361 e. The van der Waals surface area contributed by atoms with Crippen LogP contribution in [0.15, 0.2) is 48.7 Å². The fraction of sp³-hybridized carbons (Fsp3) is 0. The van der Waals surface area contributed by atoms with Crippen molar-refractivity contribution < 1.29 is 9.18 Å². The fourth-order valence-corrected chi connectivity index (χ4v) is 2.24. The number of amides is 1. The summed E-state index contributed by atoms with van der Waals surface area (Å²) in [5, 5.41) is 3.42. The second-order valence-corrected chi connectivity index (χ2v) is 4.71. The molecule has 0 fully saturated rings. The van der Waals surface area contributed by atoms with Crippen LogP contribution in [0.25, 0.3) is 10.9 Å². The molecular weight excluding hydrogens is 279 g/mol. The number of benzene rings is 2. The molecule has 0 saturated heterocycles. The van der Waals surface area contributed by atoms with Gasteiger partial charge in [-0.15, -0.1) is 0 Å². The van der Waals surface area contributed by atoms with E-state index < -0.39 is 5.82 Å². The van der Waals surface area contributed by atoms with Gasteiger partial charge in [-0.2, -0.15) is 0 Å². The second-order valence-electron chi connectivity index (χ2n) is 4.30. The molecular formula is C15H10ClFN2O. The zero-order valence-electron chi connectivity index (χ0n) is 10.3. The fourth-order valence-electron chi connectivity index (χ4n) is 2.06. The van der Waals surface area contributed by atoms with Crippen LogP contribution >= 0.6 is 11.6 Å². The molecule has 3 rings (SSSR count). The molecule has 0 bridgehead atoms. The summed E-state index contributed by atoms with van der Waals surface area (Å²) in [4.78, 5) is 15.2. The summed E-state index contributed by atoms with van der Waals surface area (Å²) in [5.74, 6) is -1.03. The van der Waals surface area contributed by atoms with E-state index in [4.69, 9.17) is 11.6 Å². The van der Waals surface area contributed by atoms with E-state index in [1.54, 1.807) is 24.4 Å². The average Bonchev–Trinajstić information content (AvgIpc) is 2.92. The zero-order valence-corrected chi connectivity index (χ0v) is 11.0. The van der Waals surface area contributed by atoms with E-state index in [-0.39, 0.29) is 16.6 Å². The van der Waals surface area contributed by atoms with Crippen molar-refractivity contribution in [2.24, 2.45) is 0 Å². The normalized spacial score (nSPS) is 10.7. The van der Waals surface area contributed by atoms with Gasteiger partial charge < -0.3 is 10.3 Å². The van der Waals surface area contributed by atoms with E-state index in [0.29, 0.717) is 11.1 Å². The number of H-pyrrole nitrogens is 1. The molecule has 1 amide bonds. The average molecular weight is 289 g/mol. The molecule has 1 aromatic heterocycles. The molecule has 2 N–H and O–H groups in total. The maximum absolute atomic E-state index is 13.8. The van der Waals surface area contributed by atoms with Crippen LogP contribution in [0.2, 0.25) is 5.02 Å². The van der Waals surface area contributed by atoms with Gasteiger partial charge in [0.25, 0.3) is 5.91 Å². The van der Waals surface area contributed by atoms with Crippen molar-refractivity contribution >= 4 is 34.1 Å². The van der Waals surface area contributed by atoms with Crippen molar-refractivity contribution in [3.63, 3.8) is 0 Å². The number of aromatic amines is 1. The van der Waals surface area contributed by atoms with Crippen molar-refractivity contribution in [2.75, 3.05) is 5.32 Å². The summed E-state index contributed by atoms with van der Waals surface area (Å²) in [6.07, 6.45) is 1.75. The Bertz CT molecular complexity index is 797. The number of halogens is 2. The van der Waals surface area contributed by atoms with Crippen molar-refractivity contribution in [1.82, 2.24) is 4.98 Å². The van der Waals surface area contributed by atoms with Crippen molar-refractivity contribution in [3.8, 4) is 0 Å². The predicted molar refractivity (Wildman–Crippen MR) is 77.7 cm³/mol. The summed E-state index contributed by atoms with van der Waals surface area (Å²) in [7, 11) is 0. The third kappa shape index (κ3) is 2.14. The van der Waals surface area contributed by atoms with Gasteiger partial charge in [-0.05, 0) is 24.3 Å². The molecule has 100 valence electrons. The molecule has 3 nitrogen and oxygen atoms in total. The Labute approximate surface area is 119 Å². The standard InChI is InChI=1S/C15H10ClFN2O/c16-11-5-2-6-12(13(11)17)19-15(20)10-4-1-3-9-7-8-18-14(9)10/h1-8,18H,(H,19,20). The largest absolute Gasteiger partial charge is 0.361 e. The number of rotatable bonds is 2. The number of nitrogens with one attached hydrogen (secondary N) is 2. The lowest BCUT2D eigenvalue weighted by Gasteiger charge is -2.08. The highest BCUT2D eigenvalue weighted by molar-refractivity contribution is 6.31. The smallest absolute Gasteiger partial charge is 0.257 e. The topological polar surface area (TPSA) is 44.9 Å². The molecule has 0 spiro atoms. The van der Waals surface area contributed by atoms with Crippen LogP contribution in [0.4, 0.5) is 10.1 Å². The quantitative estimate of drug-likeness (QED) is 0.729. The Morgan fingerprint density at radius 1 is 1.15 bits per heavy atom. The van der Waals surface area contributed by atoms with E-state index in [1.165, 1.54) is 12.1 Å². The Kier molecular flexibility index (Phi) is 3.16. The number of para-hydroxylation sites is 1. The molecule has 3 aromatic rings. The lowest BCUT2D eigenvalue weighted by molar-refractivity contribution is 0.102. The molecule has 20 heavy (non-hydrogen) atoms. The number of hydrogen-bond donors (Lipinski definition) is 2. The molecule has 0 saturated carbocycles. The second kappa shape index (κ2) is 4.98. The summed E-state index contributed by atoms with van der Waals surface area (Å²) in [5.41, 5.74) is 1.23. The molecule has 0 aliphatic carbocycles. The van der Waals surface area contributed by atoms with Gasteiger partial charge in [0.2, 0.25) is 0 Å². The van der Waals surface area contributed by atoms with Gasteiger partial charge in [0.15, 0.2) is 5.82 Å². The Balaban J connectivity index is 1.97. The highest BCUT2D eigenvalue weighted by atomic mass is 35.5. The van der Waals surface area contributed by atoms with Gasteiger partial charge in [0, 0.05) is 11.6 Å². The van der Waals surface area contributed by atoms with Crippen LogP contribution in [-0.2, 0) is 0 Å². The third-order valence-electron chi connectivity index (χ3n) is 3.03. The van der Waals surface area contributed by atoms with Crippen LogP contribution in [-0.4, -0.2) is 10.9 Å². The molecule has 0 aliphatic heterocycles. The van der Waals surface area contributed by atoms with Crippen molar-refractivity contribution in [1.29, 1.82) is 0 Å². The van der Waals surface area contributed by atoms with Crippen molar-refractivity contribution in [3.05, 3.63) is 65.1 Å². The molecule has 1 heterocycles. The number of carbonyl (C=O) groups is 1. The first-order valence-corrected chi connectivity index (χ1v) is 6.36. The number of hydrogen-bond acceptors (Lipinski definition) is 1. The van der Waals surface area contributed by atoms with E-state index in [9.17, 15) is 9.18 Å². The first-order valence-electron chi connectivity index (χ1n) is 5.98. The van der Waals surface area contributed by atoms with E-state index in [0.717, 1.165) is 5.39 Å². The Morgan fingerprint density at radius 2 is 1.95 bits per heavy atom. The van der Waals surface area contributed by atoms with Crippen LogP contribution in [0, 0.1) is 5.82 Å². The maximum atomic E-state index is 13.8. The summed E-state index contributed by atoms with van der Waals surface area (Å²) in [6.45, 7) is 0. The SMILES string of the molecule is O=C(Nc1cccc(Cl)c1F)c1cccc2cc[nH]c12. The molecule has 5 heteroatoms. The number of aromatic nitrogens is 1. The third-order valence-corrected chi connectivity index (χ3v) is 3.32. The monoisotopic (exact) mass is 288 g/mol. The highest BCUT2D eigenvalue weighted by Crippen LogP contribution is 2.24. The Hall–Kier alpha value is -2.33. The van der Waals surface area contributed by atoms with Gasteiger partial charge in [-0.1, -0.05) is 29.8 Å². The highest BCUT2D eigenvalue weighted by Gasteiger charge is 2.14. The van der Waals surface area contributed by atoms with Crippen molar-refractivity contribution in [2.45, 2.75) is 0 Å². The lowest BCUT2D eigenvalue weighted by atomic mass is 10.1. The first-order chi connectivity index (χ1) is 9.66. The number of carbonyl (C=O) groups excluding carboxylic acids is 1. The van der Waals surface area contributed by atoms with Crippen LogP contribution in [0.3, 0.4) is 0 Å². The minimum absolute atomic E-state index is 0.0270. The van der Waals surface area contributed by atoms with Gasteiger partial charge in [-0.3, -0.25) is 4.79 Å². The summed E-state index contributed by atoms with van der Waals surface area (Å²) >= 11 is 5.69. The van der Waals surface area contributed by atoms with E-state index >= 15 is 0 Å².